The van der Waals surface area contributed by atoms with Crippen molar-refractivity contribution in [2.75, 3.05) is 20.3 Å². The molecule has 4 nitrogen and oxygen atoms in total. The van der Waals surface area contributed by atoms with Gasteiger partial charge < -0.3 is 19.5 Å². The lowest BCUT2D eigenvalue weighted by Crippen LogP contribution is -2.14. The molecule has 0 radical (unpaired) electrons. The number of rotatable bonds is 10. The van der Waals surface area contributed by atoms with Crippen molar-refractivity contribution < 1.29 is 14.2 Å². The van der Waals surface area contributed by atoms with Crippen LogP contribution >= 0.6 is 15.9 Å². The molecule has 0 heterocycles. The number of halogens is 1. The van der Waals surface area contributed by atoms with Gasteiger partial charge in [-0.25, -0.2) is 0 Å². The molecule has 0 bridgehead atoms. The Kier molecular flexibility index (Phi) is 8.09. The van der Waals surface area contributed by atoms with E-state index in [-0.39, 0.29) is 0 Å². The Labute approximate surface area is 158 Å². The van der Waals surface area contributed by atoms with E-state index in [0.717, 1.165) is 45.8 Å². The summed E-state index contributed by atoms with van der Waals surface area (Å²) in [5.74, 6) is 2.46. The SMILES string of the molecule is CCCOc1cc(Br)c(CNCc2ccccc2OC)cc1OCC. The van der Waals surface area contributed by atoms with Crippen LogP contribution in [0.3, 0.4) is 0 Å². The number of methoxy groups -OCH3 is 1. The van der Waals surface area contributed by atoms with E-state index in [0.29, 0.717) is 19.8 Å². The van der Waals surface area contributed by atoms with E-state index in [4.69, 9.17) is 14.2 Å². The maximum absolute atomic E-state index is 5.79. The first-order valence-electron chi connectivity index (χ1n) is 8.60. The lowest BCUT2D eigenvalue weighted by Gasteiger charge is -2.15. The summed E-state index contributed by atoms with van der Waals surface area (Å²) < 4.78 is 17.9. The Bertz CT molecular complexity index is 676. The molecule has 0 saturated carbocycles. The van der Waals surface area contributed by atoms with Crippen LogP contribution in [0.25, 0.3) is 0 Å². The van der Waals surface area contributed by atoms with Gasteiger partial charge in [0.25, 0.3) is 0 Å². The van der Waals surface area contributed by atoms with Crippen molar-refractivity contribution in [2.24, 2.45) is 0 Å². The first kappa shape index (κ1) is 19.6. The zero-order valence-corrected chi connectivity index (χ0v) is 16.7. The predicted octanol–water partition coefficient (Wildman–Crippen LogP) is 4.94. The number of ether oxygens (including phenoxy) is 3. The highest BCUT2D eigenvalue weighted by atomic mass is 79.9. The van der Waals surface area contributed by atoms with Crippen molar-refractivity contribution in [3.05, 3.63) is 52.0 Å². The quantitative estimate of drug-likeness (QED) is 0.605. The fourth-order valence-electron chi connectivity index (χ4n) is 2.49. The van der Waals surface area contributed by atoms with Gasteiger partial charge in [0.15, 0.2) is 11.5 Å². The highest BCUT2D eigenvalue weighted by molar-refractivity contribution is 9.10. The zero-order valence-electron chi connectivity index (χ0n) is 15.1. The molecule has 0 spiro atoms. The lowest BCUT2D eigenvalue weighted by molar-refractivity contribution is 0.276. The molecule has 0 fully saturated rings. The van der Waals surface area contributed by atoms with Crippen LogP contribution < -0.4 is 19.5 Å². The van der Waals surface area contributed by atoms with Crippen LogP contribution in [0.1, 0.15) is 31.4 Å². The molecule has 2 aromatic rings. The summed E-state index contributed by atoms with van der Waals surface area (Å²) in [6.45, 7) is 6.80. The van der Waals surface area contributed by atoms with Crippen molar-refractivity contribution >= 4 is 15.9 Å². The molecule has 5 heteroatoms. The van der Waals surface area contributed by atoms with E-state index in [9.17, 15) is 0 Å². The molecule has 0 aromatic heterocycles. The normalized spacial score (nSPS) is 10.6. The minimum absolute atomic E-state index is 0.609. The number of para-hydroxylation sites is 1. The number of benzene rings is 2. The van der Waals surface area contributed by atoms with Gasteiger partial charge in [-0.05, 0) is 37.1 Å². The van der Waals surface area contributed by atoms with Gasteiger partial charge in [0.1, 0.15) is 5.75 Å². The topological polar surface area (TPSA) is 39.7 Å². The molecule has 0 aliphatic carbocycles. The summed E-state index contributed by atoms with van der Waals surface area (Å²) in [5, 5.41) is 3.46. The second-order valence-electron chi connectivity index (χ2n) is 5.59. The molecule has 0 saturated heterocycles. The number of nitrogens with one attached hydrogen (secondary N) is 1. The largest absolute Gasteiger partial charge is 0.496 e. The highest BCUT2D eigenvalue weighted by Crippen LogP contribution is 2.34. The average molecular weight is 408 g/mol. The van der Waals surface area contributed by atoms with Gasteiger partial charge >= 0.3 is 0 Å². The molecular formula is C20H26BrNO3. The predicted molar refractivity (Wildman–Crippen MR) is 105 cm³/mol. The minimum Gasteiger partial charge on any atom is -0.496 e. The third-order valence-electron chi connectivity index (χ3n) is 3.70. The van der Waals surface area contributed by atoms with Gasteiger partial charge in [-0.3, -0.25) is 0 Å². The van der Waals surface area contributed by atoms with Crippen LogP contribution in [0.4, 0.5) is 0 Å². The van der Waals surface area contributed by atoms with Crippen LogP contribution in [0.2, 0.25) is 0 Å². The van der Waals surface area contributed by atoms with Gasteiger partial charge in [0, 0.05) is 23.1 Å². The molecule has 25 heavy (non-hydrogen) atoms. The van der Waals surface area contributed by atoms with E-state index in [1.165, 1.54) is 0 Å². The molecule has 2 aromatic carbocycles. The first-order valence-corrected chi connectivity index (χ1v) is 9.39. The number of hydrogen-bond donors (Lipinski definition) is 1. The van der Waals surface area contributed by atoms with Gasteiger partial charge in [-0.1, -0.05) is 41.1 Å². The molecule has 136 valence electrons. The smallest absolute Gasteiger partial charge is 0.162 e. The fourth-order valence-corrected chi connectivity index (χ4v) is 2.95. The maximum atomic E-state index is 5.79. The van der Waals surface area contributed by atoms with E-state index in [1.807, 2.05) is 37.3 Å². The van der Waals surface area contributed by atoms with Crippen LogP contribution in [-0.4, -0.2) is 20.3 Å². The van der Waals surface area contributed by atoms with Crippen molar-refractivity contribution in [1.29, 1.82) is 0 Å². The Hall–Kier alpha value is -1.72. The summed E-state index contributed by atoms with van der Waals surface area (Å²) in [7, 11) is 1.69. The van der Waals surface area contributed by atoms with E-state index < -0.39 is 0 Å². The van der Waals surface area contributed by atoms with E-state index >= 15 is 0 Å². The van der Waals surface area contributed by atoms with Gasteiger partial charge in [0.05, 0.1) is 20.3 Å². The first-order chi connectivity index (χ1) is 12.2. The third-order valence-corrected chi connectivity index (χ3v) is 4.44. The van der Waals surface area contributed by atoms with Gasteiger partial charge in [0.2, 0.25) is 0 Å². The van der Waals surface area contributed by atoms with E-state index in [2.05, 4.69) is 34.2 Å². The van der Waals surface area contributed by atoms with Crippen LogP contribution in [0.5, 0.6) is 17.2 Å². The van der Waals surface area contributed by atoms with Crippen LogP contribution in [0, 0.1) is 0 Å². The Morgan fingerprint density at radius 2 is 1.64 bits per heavy atom. The van der Waals surface area contributed by atoms with Crippen molar-refractivity contribution in [2.45, 2.75) is 33.4 Å². The highest BCUT2D eigenvalue weighted by Gasteiger charge is 2.11. The van der Waals surface area contributed by atoms with Gasteiger partial charge in [-0.15, -0.1) is 0 Å². The molecular weight excluding hydrogens is 382 g/mol. The molecule has 0 aliphatic rings. The summed E-state index contributed by atoms with van der Waals surface area (Å²) in [6.07, 6.45) is 0.964. The minimum atomic E-state index is 0.609. The van der Waals surface area contributed by atoms with Crippen molar-refractivity contribution in [1.82, 2.24) is 5.32 Å². The summed E-state index contributed by atoms with van der Waals surface area (Å²) in [5.41, 5.74) is 2.26. The summed E-state index contributed by atoms with van der Waals surface area (Å²) >= 11 is 3.64. The maximum Gasteiger partial charge on any atom is 0.162 e. The fraction of sp³-hybridized carbons (Fsp3) is 0.400. The van der Waals surface area contributed by atoms with E-state index in [1.54, 1.807) is 7.11 Å². The van der Waals surface area contributed by atoms with Crippen LogP contribution in [0.15, 0.2) is 40.9 Å². The molecule has 2 rings (SSSR count). The molecule has 1 N–H and O–H groups in total. The Morgan fingerprint density at radius 1 is 0.920 bits per heavy atom. The Balaban J connectivity index is 2.06. The van der Waals surface area contributed by atoms with Crippen molar-refractivity contribution in [3.8, 4) is 17.2 Å². The summed E-state index contributed by atoms with van der Waals surface area (Å²) in [4.78, 5) is 0. The van der Waals surface area contributed by atoms with Crippen LogP contribution in [-0.2, 0) is 13.1 Å². The second kappa shape index (κ2) is 10.3. The molecule has 0 unspecified atom stereocenters. The zero-order chi connectivity index (χ0) is 18.1. The molecule has 0 atom stereocenters. The second-order valence-corrected chi connectivity index (χ2v) is 6.44. The number of hydrogen-bond acceptors (Lipinski definition) is 4. The summed E-state index contributed by atoms with van der Waals surface area (Å²) in [6, 6.07) is 12.0. The lowest BCUT2D eigenvalue weighted by atomic mass is 10.1. The third kappa shape index (κ3) is 5.65. The van der Waals surface area contributed by atoms with Crippen molar-refractivity contribution in [3.63, 3.8) is 0 Å². The molecule has 0 amide bonds. The average Bonchev–Trinajstić information content (AvgIpc) is 2.63. The van der Waals surface area contributed by atoms with Gasteiger partial charge in [-0.2, -0.15) is 0 Å². The monoisotopic (exact) mass is 407 g/mol. The Morgan fingerprint density at radius 3 is 2.36 bits per heavy atom. The molecule has 0 aliphatic heterocycles. The standard InChI is InChI=1S/C20H26BrNO3/c1-4-10-25-20-12-17(21)16(11-19(20)24-5-2)14-22-13-15-8-6-7-9-18(15)23-3/h6-9,11-12,22H,4-5,10,13-14H2,1-3H3.